The molecule has 0 bridgehead atoms. The molecular weight excluding hydrogens is 486 g/mol. The van der Waals surface area contributed by atoms with E-state index in [0.717, 1.165) is 47.4 Å². The molecule has 1 fully saturated rings. The predicted octanol–water partition coefficient (Wildman–Crippen LogP) is 6.37. The van der Waals surface area contributed by atoms with Gasteiger partial charge in [0.05, 0.1) is 22.8 Å². The van der Waals surface area contributed by atoms with Crippen LogP contribution < -0.4 is 4.80 Å². The molecule has 0 amide bonds. The molecule has 1 aliphatic rings. The minimum Gasteiger partial charge on any atom is -0.312 e. The molecule has 5 rings (SSSR count). The molecule has 0 spiro atoms. The molecule has 0 radical (unpaired) electrons. The molecule has 186 valence electrons. The van der Waals surface area contributed by atoms with Crippen molar-refractivity contribution in [2.45, 2.75) is 44.0 Å². The van der Waals surface area contributed by atoms with Crippen LogP contribution >= 0.6 is 11.3 Å². The standard InChI is InChI=1S/C29H31N3O2S2/c1-23-14-16-24(17-15-23)21-32-28(22-35-29(32)30-26-11-5-4-6-12-26)25-10-9-13-27(20-25)36(33,34)31-18-7-2-3-8-19-31/h4-6,9-17,20,22H,2-3,7-8,18-19,21H2,1H3. The third-order valence-corrected chi connectivity index (χ3v) is 9.33. The van der Waals surface area contributed by atoms with Gasteiger partial charge in [-0.1, -0.05) is 73.0 Å². The van der Waals surface area contributed by atoms with E-state index in [-0.39, 0.29) is 0 Å². The zero-order valence-corrected chi connectivity index (χ0v) is 22.1. The Labute approximate surface area is 217 Å². The van der Waals surface area contributed by atoms with Crippen molar-refractivity contribution in [1.29, 1.82) is 0 Å². The van der Waals surface area contributed by atoms with Crippen LogP contribution in [0.3, 0.4) is 0 Å². The molecule has 1 aromatic heterocycles. The first-order valence-electron chi connectivity index (χ1n) is 12.4. The normalized spacial score (nSPS) is 15.6. The molecule has 0 N–H and O–H groups in total. The lowest BCUT2D eigenvalue weighted by Gasteiger charge is -2.20. The number of hydrogen-bond acceptors (Lipinski definition) is 4. The fourth-order valence-corrected chi connectivity index (χ4v) is 7.03. The number of hydrogen-bond donors (Lipinski definition) is 0. The Morgan fingerprint density at radius 3 is 2.31 bits per heavy atom. The van der Waals surface area contributed by atoms with Gasteiger partial charge in [-0.05, 0) is 49.6 Å². The molecule has 7 heteroatoms. The fourth-order valence-electron chi connectivity index (χ4n) is 4.54. The summed E-state index contributed by atoms with van der Waals surface area (Å²) in [5, 5.41) is 2.08. The van der Waals surface area contributed by atoms with Gasteiger partial charge in [-0.2, -0.15) is 4.31 Å². The van der Waals surface area contributed by atoms with Crippen molar-refractivity contribution in [2.75, 3.05) is 13.1 Å². The molecule has 0 aliphatic carbocycles. The second-order valence-electron chi connectivity index (χ2n) is 9.27. The molecule has 5 nitrogen and oxygen atoms in total. The summed E-state index contributed by atoms with van der Waals surface area (Å²) in [6.07, 6.45) is 4.02. The van der Waals surface area contributed by atoms with Gasteiger partial charge in [-0.3, -0.25) is 0 Å². The van der Waals surface area contributed by atoms with Crippen molar-refractivity contribution in [3.63, 3.8) is 0 Å². The smallest absolute Gasteiger partial charge is 0.243 e. The Morgan fingerprint density at radius 2 is 1.58 bits per heavy atom. The van der Waals surface area contributed by atoms with E-state index < -0.39 is 10.0 Å². The molecule has 3 aromatic carbocycles. The van der Waals surface area contributed by atoms with Gasteiger partial charge in [-0.15, -0.1) is 11.3 Å². The van der Waals surface area contributed by atoms with Crippen LogP contribution in [0, 0.1) is 6.92 Å². The number of sulfonamides is 1. The summed E-state index contributed by atoms with van der Waals surface area (Å²) in [4.78, 5) is 6.14. The third-order valence-electron chi connectivity index (χ3n) is 6.57. The quantitative estimate of drug-likeness (QED) is 0.298. The highest BCUT2D eigenvalue weighted by atomic mass is 32.2. The highest BCUT2D eigenvalue weighted by Gasteiger charge is 2.25. The van der Waals surface area contributed by atoms with Gasteiger partial charge in [0.25, 0.3) is 0 Å². The summed E-state index contributed by atoms with van der Waals surface area (Å²) in [6.45, 7) is 3.92. The average Bonchev–Trinajstić information content (AvgIpc) is 3.08. The van der Waals surface area contributed by atoms with Gasteiger partial charge in [0.2, 0.25) is 10.0 Å². The van der Waals surface area contributed by atoms with Crippen molar-refractivity contribution >= 4 is 27.0 Å². The first-order chi connectivity index (χ1) is 17.5. The molecule has 36 heavy (non-hydrogen) atoms. The summed E-state index contributed by atoms with van der Waals surface area (Å²) < 4.78 is 30.8. The molecule has 4 aromatic rings. The van der Waals surface area contributed by atoms with Crippen molar-refractivity contribution in [1.82, 2.24) is 8.87 Å². The number of thiazole rings is 1. The lowest BCUT2D eigenvalue weighted by Crippen LogP contribution is -2.31. The highest BCUT2D eigenvalue weighted by Crippen LogP contribution is 2.27. The molecular formula is C29H31N3O2S2. The monoisotopic (exact) mass is 517 g/mol. The number of rotatable bonds is 6. The average molecular weight is 518 g/mol. The number of aryl methyl sites for hydroxylation is 1. The Balaban J connectivity index is 1.57. The number of para-hydroxylation sites is 1. The van der Waals surface area contributed by atoms with Gasteiger partial charge in [0.1, 0.15) is 0 Å². The Kier molecular flexibility index (Phi) is 7.51. The SMILES string of the molecule is Cc1ccc(Cn2c(-c3cccc(S(=O)(=O)N4CCCCCC4)c3)csc2=Nc2ccccc2)cc1. The third kappa shape index (κ3) is 5.53. The fraction of sp³-hybridized carbons (Fsp3) is 0.276. The van der Waals surface area contributed by atoms with Crippen LogP contribution in [0.1, 0.15) is 36.8 Å². The lowest BCUT2D eigenvalue weighted by atomic mass is 10.1. The first kappa shape index (κ1) is 24.7. The summed E-state index contributed by atoms with van der Waals surface area (Å²) in [7, 11) is -3.53. The molecule has 2 heterocycles. The summed E-state index contributed by atoms with van der Waals surface area (Å²) in [6, 6.07) is 25.8. The largest absolute Gasteiger partial charge is 0.312 e. The summed E-state index contributed by atoms with van der Waals surface area (Å²) >= 11 is 1.57. The van der Waals surface area contributed by atoms with E-state index in [4.69, 9.17) is 4.99 Å². The van der Waals surface area contributed by atoms with Gasteiger partial charge in [0, 0.05) is 24.0 Å². The molecule has 0 unspecified atom stereocenters. The van der Waals surface area contributed by atoms with Crippen LogP contribution in [0.5, 0.6) is 0 Å². The van der Waals surface area contributed by atoms with Crippen LogP contribution in [0.25, 0.3) is 11.3 Å². The van der Waals surface area contributed by atoms with E-state index in [1.54, 1.807) is 21.7 Å². The van der Waals surface area contributed by atoms with Gasteiger partial charge >= 0.3 is 0 Å². The molecule has 1 aliphatic heterocycles. The molecule has 0 atom stereocenters. The minimum atomic E-state index is -3.53. The minimum absolute atomic E-state index is 0.358. The van der Waals surface area contributed by atoms with Crippen LogP contribution in [0.15, 0.2) is 94.1 Å². The maximum absolute atomic E-state index is 13.5. The summed E-state index contributed by atoms with van der Waals surface area (Å²) in [5.41, 5.74) is 5.12. The van der Waals surface area contributed by atoms with E-state index in [1.807, 2.05) is 48.5 Å². The lowest BCUT2D eigenvalue weighted by molar-refractivity contribution is 0.424. The predicted molar refractivity (Wildman–Crippen MR) is 147 cm³/mol. The van der Waals surface area contributed by atoms with E-state index in [0.29, 0.717) is 24.5 Å². The Morgan fingerprint density at radius 1 is 0.861 bits per heavy atom. The van der Waals surface area contributed by atoms with Crippen molar-refractivity contribution in [3.05, 3.63) is 100 Å². The zero-order chi connectivity index (χ0) is 25.0. The maximum atomic E-state index is 13.5. The van der Waals surface area contributed by atoms with Gasteiger partial charge in [0.15, 0.2) is 4.80 Å². The highest BCUT2D eigenvalue weighted by molar-refractivity contribution is 7.89. The van der Waals surface area contributed by atoms with Gasteiger partial charge < -0.3 is 4.57 Å². The first-order valence-corrected chi connectivity index (χ1v) is 14.8. The summed E-state index contributed by atoms with van der Waals surface area (Å²) in [5.74, 6) is 0. The van der Waals surface area contributed by atoms with Gasteiger partial charge in [-0.25, -0.2) is 13.4 Å². The number of nitrogens with zero attached hydrogens (tertiary/aromatic N) is 3. The topological polar surface area (TPSA) is 54.7 Å². The maximum Gasteiger partial charge on any atom is 0.243 e. The van der Waals surface area contributed by atoms with E-state index in [2.05, 4.69) is 41.1 Å². The number of benzene rings is 3. The van der Waals surface area contributed by atoms with E-state index >= 15 is 0 Å². The van der Waals surface area contributed by atoms with Crippen molar-refractivity contribution < 1.29 is 8.42 Å². The molecule has 0 saturated carbocycles. The van der Waals surface area contributed by atoms with Crippen molar-refractivity contribution in [2.24, 2.45) is 4.99 Å². The van der Waals surface area contributed by atoms with Crippen LogP contribution in [-0.2, 0) is 16.6 Å². The van der Waals surface area contributed by atoms with Crippen LogP contribution in [-0.4, -0.2) is 30.4 Å². The van der Waals surface area contributed by atoms with E-state index in [1.165, 1.54) is 11.1 Å². The van der Waals surface area contributed by atoms with Crippen molar-refractivity contribution in [3.8, 4) is 11.3 Å². The van der Waals surface area contributed by atoms with Crippen LogP contribution in [0.2, 0.25) is 0 Å². The molecule has 1 saturated heterocycles. The zero-order valence-electron chi connectivity index (χ0n) is 20.5. The Bertz CT molecular complexity index is 1480. The Hall–Kier alpha value is -3.00. The number of aromatic nitrogens is 1. The second-order valence-corrected chi connectivity index (χ2v) is 12.0. The van der Waals surface area contributed by atoms with Crippen LogP contribution in [0.4, 0.5) is 5.69 Å². The second kappa shape index (κ2) is 10.9. The van der Waals surface area contributed by atoms with E-state index in [9.17, 15) is 8.42 Å².